The van der Waals surface area contributed by atoms with E-state index in [0.29, 0.717) is 37.7 Å². The van der Waals surface area contributed by atoms with Crippen LogP contribution in [0.1, 0.15) is 25.0 Å². The molecule has 35 heavy (non-hydrogen) atoms. The van der Waals surface area contributed by atoms with Gasteiger partial charge < -0.3 is 20.2 Å². The van der Waals surface area contributed by atoms with E-state index in [0.717, 1.165) is 29.8 Å². The third-order valence-corrected chi connectivity index (χ3v) is 5.46. The molecule has 0 unspecified atom stereocenters. The van der Waals surface area contributed by atoms with Crippen molar-refractivity contribution in [3.63, 3.8) is 0 Å². The number of ether oxygens (including phenoxy) is 1. The lowest BCUT2D eigenvalue weighted by molar-refractivity contribution is -0.389. The lowest BCUT2D eigenvalue weighted by Gasteiger charge is -2.24. The minimum absolute atomic E-state index is 0.194. The van der Waals surface area contributed by atoms with Crippen LogP contribution in [0, 0.1) is 22.9 Å². The Morgan fingerprint density at radius 3 is 2.49 bits per heavy atom. The summed E-state index contributed by atoms with van der Waals surface area (Å²) in [7, 11) is 0. The SMILES string of the molecule is CC(C)NC=O.Cc1cc(-c2ccc(CN3CCOc4nc([N+](=O)[O-])cn4CC3)cc2)ccc1F. The van der Waals surface area contributed by atoms with Gasteiger partial charge >= 0.3 is 11.8 Å². The van der Waals surface area contributed by atoms with E-state index in [4.69, 9.17) is 4.74 Å². The number of nitro groups is 1. The highest BCUT2D eigenvalue weighted by atomic mass is 19.1. The second-order valence-corrected chi connectivity index (χ2v) is 8.56. The number of carbonyl (C=O) groups is 1. The monoisotopic (exact) mass is 483 g/mol. The van der Waals surface area contributed by atoms with Crippen molar-refractivity contribution in [2.75, 3.05) is 19.7 Å². The van der Waals surface area contributed by atoms with Gasteiger partial charge in [-0.25, -0.2) is 4.39 Å². The van der Waals surface area contributed by atoms with Crippen LogP contribution in [-0.2, 0) is 17.9 Å². The minimum atomic E-state index is -0.511. The van der Waals surface area contributed by atoms with Crippen molar-refractivity contribution in [2.24, 2.45) is 0 Å². The molecule has 186 valence electrons. The normalized spacial score (nSPS) is 13.5. The van der Waals surface area contributed by atoms with Crippen molar-refractivity contribution in [3.05, 3.63) is 75.7 Å². The number of rotatable bonds is 6. The van der Waals surface area contributed by atoms with Crippen LogP contribution in [0.4, 0.5) is 10.2 Å². The maximum Gasteiger partial charge on any atom is 0.414 e. The molecular weight excluding hydrogens is 453 g/mol. The van der Waals surface area contributed by atoms with Crippen LogP contribution in [0.15, 0.2) is 48.7 Å². The quantitative estimate of drug-likeness (QED) is 0.324. The summed E-state index contributed by atoms with van der Waals surface area (Å²) in [4.78, 5) is 26.1. The van der Waals surface area contributed by atoms with E-state index in [-0.39, 0.29) is 17.7 Å². The Labute approximate surface area is 203 Å². The predicted molar refractivity (Wildman–Crippen MR) is 131 cm³/mol. The summed E-state index contributed by atoms with van der Waals surface area (Å²) in [5.74, 6) is -0.392. The second-order valence-electron chi connectivity index (χ2n) is 8.56. The van der Waals surface area contributed by atoms with Crippen LogP contribution < -0.4 is 10.1 Å². The zero-order valence-corrected chi connectivity index (χ0v) is 20.1. The number of nitrogens with zero attached hydrogens (tertiary/aromatic N) is 4. The van der Waals surface area contributed by atoms with Crippen LogP contribution >= 0.6 is 0 Å². The van der Waals surface area contributed by atoms with E-state index >= 15 is 0 Å². The van der Waals surface area contributed by atoms with Gasteiger partial charge in [-0.15, -0.1) is 0 Å². The molecule has 0 aliphatic carbocycles. The molecular formula is C25H30FN5O4. The summed E-state index contributed by atoms with van der Waals surface area (Å²) in [5, 5.41) is 13.4. The Bertz CT molecular complexity index is 1150. The Morgan fingerprint density at radius 1 is 1.17 bits per heavy atom. The van der Waals surface area contributed by atoms with E-state index in [1.807, 2.05) is 32.0 Å². The van der Waals surface area contributed by atoms with Gasteiger partial charge in [-0.2, -0.15) is 0 Å². The molecule has 1 aliphatic rings. The molecule has 0 bridgehead atoms. The van der Waals surface area contributed by atoms with Crippen molar-refractivity contribution in [3.8, 4) is 17.1 Å². The molecule has 0 atom stereocenters. The molecule has 1 amide bonds. The molecule has 4 rings (SSSR count). The van der Waals surface area contributed by atoms with E-state index in [1.165, 1.54) is 12.3 Å². The summed E-state index contributed by atoms with van der Waals surface area (Å²) >= 11 is 0. The number of hydrogen-bond acceptors (Lipinski definition) is 6. The molecule has 3 aromatic rings. The largest absolute Gasteiger partial charge is 0.444 e. The van der Waals surface area contributed by atoms with Gasteiger partial charge in [0.2, 0.25) is 6.41 Å². The number of benzene rings is 2. The average molecular weight is 484 g/mol. The molecule has 9 nitrogen and oxygen atoms in total. The Kier molecular flexibility index (Phi) is 8.91. The third-order valence-electron chi connectivity index (χ3n) is 5.46. The number of aromatic nitrogens is 2. The standard InChI is InChI=1S/C21H21FN4O3.C4H9NO/c1-15-12-18(6-7-19(15)22)17-4-2-16(3-5-17)13-24-8-9-25-14-20(26(27)28)23-21(25)29-11-10-24;1-4(2)5-3-6/h2-7,12,14H,8-11,13H2,1H3;3-4H,1-2H3,(H,5,6). The zero-order valence-electron chi connectivity index (χ0n) is 20.1. The van der Waals surface area contributed by atoms with E-state index in [2.05, 4.69) is 27.3 Å². The van der Waals surface area contributed by atoms with Crippen LogP contribution in [0.5, 0.6) is 6.01 Å². The summed E-state index contributed by atoms with van der Waals surface area (Å²) in [6, 6.07) is 13.9. The Morgan fingerprint density at radius 2 is 1.89 bits per heavy atom. The van der Waals surface area contributed by atoms with E-state index < -0.39 is 4.92 Å². The maximum atomic E-state index is 13.5. The van der Waals surface area contributed by atoms with E-state index in [9.17, 15) is 19.3 Å². The number of nitrogens with one attached hydrogen (secondary N) is 1. The van der Waals surface area contributed by atoms with Gasteiger partial charge in [0, 0.05) is 37.2 Å². The molecule has 1 N–H and O–H groups in total. The molecule has 10 heteroatoms. The molecule has 1 aliphatic heterocycles. The average Bonchev–Trinajstić information content (AvgIpc) is 3.21. The lowest BCUT2D eigenvalue weighted by atomic mass is 10.0. The summed E-state index contributed by atoms with van der Waals surface area (Å²) in [6.45, 7) is 8.77. The number of hydrogen-bond donors (Lipinski definition) is 1. The summed E-state index contributed by atoms with van der Waals surface area (Å²) in [6.07, 6.45) is 2.11. The Hall–Kier alpha value is -3.79. The summed E-state index contributed by atoms with van der Waals surface area (Å²) in [5.41, 5.74) is 3.82. The van der Waals surface area contributed by atoms with E-state index in [1.54, 1.807) is 17.6 Å². The first-order valence-corrected chi connectivity index (χ1v) is 11.4. The number of imidazole rings is 1. The fourth-order valence-corrected chi connectivity index (χ4v) is 3.56. The highest BCUT2D eigenvalue weighted by Gasteiger charge is 2.22. The van der Waals surface area contributed by atoms with Gasteiger partial charge in [0.25, 0.3) is 0 Å². The van der Waals surface area contributed by atoms with Crippen molar-refractivity contribution in [1.29, 1.82) is 0 Å². The van der Waals surface area contributed by atoms with Gasteiger partial charge in [-0.3, -0.25) is 14.3 Å². The van der Waals surface area contributed by atoms with Gasteiger partial charge in [0.15, 0.2) is 0 Å². The molecule has 2 heterocycles. The molecule has 0 saturated heterocycles. The van der Waals surface area contributed by atoms with Crippen LogP contribution in [0.25, 0.3) is 11.1 Å². The smallest absolute Gasteiger partial charge is 0.414 e. The van der Waals surface area contributed by atoms with Gasteiger partial charge in [0.05, 0.1) is 0 Å². The number of fused-ring (bicyclic) bond motifs is 1. The second kappa shape index (κ2) is 12.1. The number of carbonyl (C=O) groups excluding carboxylic acids is 1. The van der Waals surface area contributed by atoms with Crippen molar-refractivity contribution >= 4 is 12.2 Å². The molecule has 0 radical (unpaired) electrons. The first kappa shape index (κ1) is 25.8. The zero-order chi connectivity index (χ0) is 25.4. The maximum absolute atomic E-state index is 13.5. The topological polar surface area (TPSA) is 103 Å². The molecule has 2 aromatic carbocycles. The number of halogens is 1. The number of aryl methyl sites for hydroxylation is 1. The third kappa shape index (κ3) is 7.35. The van der Waals surface area contributed by atoms with Gasteiger partial charge in [0.1, 0.15) is 18.6 Å². The highest BCUT2D eigenvalue weighted by Crippen LogP contribution is 2.23. The van der Waals surface area contributed by atoms with Crippen molar-refractivity contribution in [2.45, 2.75) is 39.9 Å². The Balaban J connectivity index is 0.000000509. The molecule has 0 spiro atoms. The summed E-state index contributed by atoms with van der Waals surface area (Å²) < 4.78 is 20.8. The first-order chi connectivity index (χ1) is 16.8. The van der Waals surface area contributed by atoms with Gasteiger partial charge in [-0.05, 0) is 60.1 Å². The van der Waals surface area contributed by atoms with Crippen molar-refractivity contribution in [1.82, 2.24) is 19.8 Å². The lowest BCUT2D eigenvalue weighted by Crippen LogP contribution is -2.33. The fraction of sp³-hybridized carbons (Fsp3) is 0.360. The van der Waals surface area contributed by atoms with Crippen LogP contribution in [0.2, 0.25) is 0 Å². The molecule has 1 aromatic heterocycles. The fourth-order valence-electron chi connectivity index (χ4n) is 3.56. The highest BCUT2D eigenvalue weighted by molar-refractivity contribution is 5.64. The van der Waals surface area contributed by atoms with Crippen LogP contribution in [-0.4, -0.2) is 51.5 Å². The van der Waals surface area contributed by atoms with Crippen molar-refractivity contribution < 1.29 is 18.8 Å². The molecule has 0 saturated carbocycles. The molecule has 0 fully saturated rings. The van der Waals surface area contributed by atoms with Gasteiger partial charge in [-0.1, -0.05) is 30.3 Å². The minimum Gasteiger partial charge on any atom is -0.444 e. The number of amides is 1. The van der Waals surface area contributed by atoms with Crippen LogP contribution in [0.3, 0.4) is 0 Å². The predicted octanol–water partition coefficient (Wildman–Crippen LogP) is 3.94. The first-order valence-electron chi connectivity index (χ1n) is 11.4.